The Kier molecular flexibility index (Phi) is 9.46. The van der Waals surface area contributed by atoms with Crippen LogP contribution in [-0.4, -0.2) is 19.4 Å². The van der Waals surface area contributed by atoms with Gasteiger partial charge in [-0.05, 0) is 72.8 Å². The highest BCUT2D eigenvalue weighted by atomic mass is 35.5. The molecule has 4 rings (SSSR count). The predicted molar refractivity (Wildman–Crippen MR) is 132 cm³/mol. The lowest BCUT2D eigenvalue weighted by Crippen LogP contribution is -2.27. The van der Waals surface area contributed by atoms with Gasteiger partial charge >= 0.3 is 6.18 Å². The van der Waals surface area contributed by atoms with Crippen molar-refractivity contribution < 1.29 is 27.1 Å². The van der Waals surface area contributed by atoms with Crippen molar-refractivity contribution >= 4 is 35.5 Å². The lowest BCUT2D eigenvalue weighted by Gasteiger charge is -2.30. The number of alkyl halides is 3. The molecule has 3 nitrogen and oxygen atoms in total. The number of carbonyl (C=O) groups is 1. The molecular weight excluding hydrogens is 502 g/mol. The minimum absolute atomic E-state index is 0.337. The zero-order valence-corrected chi connectivity index (χ0v) is 20.5. The Hall–Kier alpha value is -2.71. The monoisotopic (exact) mass is 525 g/mol. The average molecular weight is 526 g/mol. The van der Waals surface area contributed by atoms with Gasteiger partial charge in [0, 0.05) is 21.9 Å². The number of fused-ring (bicyclic) bond motifs is 1. The van der Waals surface area contributed by atoms with E-state index in [-0.39, 0.29) is 5.82 Å². The molecule has 0 aromatic heterocycles. The van der Waals surface area contributed by atoms with Crippen molar-refractivity contribution in [2.45, 2.75) is 37.3 Å². The molecule has 9 heteroatoms. The van der Waals surface area contributed by atoms with E-state index in [0.29, 0.717) is 53.6 Å². The lowest BCUT2D eigenvalue weighted by atomic mass is 10.0. The molecule has 3 aromatic carbocycles. The van der Waals surface area contributed by atoms with Crippen LogP contribution < -0.4 is 9.04 Å². The molecule has 0 saturated carbocycles. The Labute approximate surface area is 211 Å². The fourth-order valence-corrected chi connectivity index (χ4v) is 4.62. The van der Waals surface area contributed by atoms with Gasteiger partial charge in [-0.15, -0.1) is 0 Å². The van der Waals surface area contributed by atoms with Crippen LogP contribution in [0.1, 0.15) is 30.0 Å². The van der Waals surface area contributed by atoms with Crippen molar-refractivity contribution in [3.05, 3.63) is 88.2 Å². The quantitative estimate of drug-likeness (QED) is 0.187. The van der Waals surface area contributed by atoms with Crippen LogP contribution >= 0.6 is 23.5 Å². The number of benzene rings is 3. The van der Waals surface area contributed by atoms with E-state index in [4.69, 9.17) is 16.3 Å². The number of hydrogen-bond donors (Lipinski definition) is 0. The van der Waals surface area contributed by atoms with Gasteiger partial charge < -0.3 is 13.8 Å². The van der Waals surface area contributed by atoms with Gasteiger partial charge in [-0.3, -0.25) is 0 Å². The van der Waals surface area contributed by atoms with Crippen LogP contribution in [-0.2, 0) is 23.8 Å². The zero-order valence-electron chi connectivity index (χ0n) is 18.9. The van der Waals surface area contributed by atoms with Crippen molar-refractivity contribution in [1.29, 1.82) is 0 Å². The van der Waals surface area contributed by atoms with Crippen molar-refractivity contribution in [2.75, 3.05) is 17.5 Å². The summed E-state index contributed by atoms with van der Waals surface area (Å²) in [5.41, 5.74) is 1.53. The highest BCUT2D eigenvalue weighted by Gasteiger charge is 2.31. The fourth-order valence-electron chi connectivity index (χ4n) is 3.39. The molecule has 1 heterocycles. The molecule has 1 aliphatic rings. The second-order valence-electron chi connectivity index (χ2n) is 7.64. The number of anilines is 1. The van der Waals surface area contributed by atoms with Crippen molar-refractivity contribution in [3.63, 3.8) is 0 Å². The third-order valence-electron chi connectivity index (χ3n) is 5.11. The molecule has 0 fully saturated rings. The first-order chi connectivity index (χ1) is 16.7. The largest absolute Gasteiger partial charge is 0.489 e. The highest BCUT2D eigenvalue weighted by Crippen LogP contribution is 2.40. The Morgan fingerprint density at radius 2 is 1.83 bits per heavy atom. The Balaban J connectivity index is 0.000000795. The number of rotatable bonds is 6. The molecule has 0 spiro atoms. The summed E-state index contributed by atoms with van der Waals surface area (Å²) in [5.74, 6) is 0.328. The average Bonchev–Trinajstić information content (AvgIpc) is 2.84. The summed E-state index contributed by atoms with van der Waals surface area (Å²) in [6.45, 7) is 2.77. The maximum Gasteiger partial charge on any atom is 0.416 e. The van der Waals surface area contributed by atoms with E-state index in [2.05, 4.69) is 0 Å². The van der Waals surface area contributed by atoms with Gasteiger partial charge in [0.15, 0.2) is 0 Å². The molecule has 0 radical (unpaired) electrons. The molecule has 0 N–H and O–H groups in total. The minimum Gasteiger partial charge on any atom is -0.489 e. The number of halogens is 5. The Morgan fingerprint density at radius 1 is 1.09 bits per heavy atom. The van der Waals surface area contributed by atoms with E-state index < -0.39 is 11.7 Å². The molecule has 0 saturated heterocycles. The van der Waals surface area contributed by atoms with Gasteiger partial charge in [-0.2, -0.15) is 13.2 Å². The molecule has 0 amide bonds. The topological polar surface area (TPSA) is 29.5 Å². The minimum atomic E-state index is -4.39. The zero-order chi connectivity index (χ0) is 25.4. The smallest absolute Gasteiger partial charge is 0.416 e. The van der Waals surface area contributed by atoms with Gasteiger partial charge in [-0.1, -0.05) is 36.7 Å². The third-order valence-corrected chi connectivity index (χ3v) is 6.53. The first kappa shape index (κ1) is 26.9. The molecule has 3 aromatic rings. The van der Waals surface area contributed by atoms with E-state index in [1.165, 1.54) is 24.1 Å². The van der Waals surface area contributed by atoms with Crippen LogP contribution in [0.2, 0.25) is 5.02 Å². The Morgan fingerprint density at radius 3 is 2.51 bits per heavy atom. The maximum absolute atomic E-state index is 14.1. The fraction of sp³-hybridized carbons (Fsp3) is 0.269. The van der Waals surface area contributed by atoms with Crippen LogP contribution in [0.15, 0.2) is 65.6 Å². The number of carbonyl (C=O) groups excluding carboxylic acids is 1. The predicted octanol–water partition coefficient (Wildman–Crippen LogP) is 7.78. The number of hydrogen-bond acceptors (Lipinski definition) is 4. The van der Waals surface area contributed by atoms with Gasteiger partial charge in [0.05, 0.1) is 17.8 Å². The summed E-state index contributed by atoms with van der Waals surface area (Å²) in [5, 5.41) is 0.392. The standard InChI is InChI=1S/C23H18ClF4NOS.C3H6O/c24-19-5-2-6-20(25)18(19)9-7-15-8-10-22-21(13-15)29(11-12-30-22)31-17-4-1-3-16(14-17)23(26,27)28;1-2-3-4/h1-6,8,10,13-14H,7,9,11-12H2;3H,2H2,1H3. The molecule has 35 heavy (non-hydrogen) atoms. The summed E-state index contributed by atoms with van der Waals surface area (Å²) in [6, 6.07) is 15.6. The number of ether oxygens (including phenoxy) is 1. The van der Waals surface area contributed by atoms with Crippen LogP contribution in [0.3, 0.4) is 0 Å². The number of aldehydes is 1. The number of aryl methyl sites for hydroxylation is 1. The van der Waals surface area contributed by atoms with Crippen LogP contribution in [0.4, 0.5) is 23.2 Å². The highest BCUT2D eigenvalue weighted by molar-refractivity contribution is 8.00. The first-order valence-electron chi connectivity index (χ1n) is 11.0. The Bertz CT molecular complexity index is 1140. The first-order valence-corrected chi connectivity index (χ1v) is 12.1. The SMILES string of the molecule is CCC=O.Fc1cccc(Cl)c1CCc1ccc2c(c1)N(Sc1cccc(C(F)(F)F)c1)CCO2. The van der Waals surface area contributed by atoms with E-state index in [9.17, 15) is 22.4 Å². The van der Waals surface area contributed by atoms with Gasteiger partial charge in [-0.25, -0.2) is 4.39 Å². The van der Waals surface area contributed by atoms with E-state index in [1.54, 1.807) is 18.2 Å². The number of nitrogens with zero attached hydrogens (tertiary/aromatic N) is 1. The lowest BCUT2D eigenvalue weighted by molar-refractivity contribution is -0.137. The summed E-state index contributed by atoms with van der Waals surface area (Å²) in [4.78, 5) is 9.67. The molecule has 186 valence electrons. The molecule has 0 aliphatic carbocycles. The van der Waals surface area contributed by atoms with Crippen molar-refractivity contribution in [1.82, 2.24) is 0 Å². The molecular formula is C26H24ClF4NO2S. The second-order valence-corrected chi connectivity index (χ2v) is 9.15. The summed E-state index contributed by atoms with van der Waals surface area (Å²) >= 11 is 7.36. The van der Waals surface area contributed by atoms with Gasteiger partial charge in [0.2, 0.25) is 0 Å². The van der Waals surface area contributed by atoms with Gasteiger partial charge in [0.25, 0.3) is 0 Å². The van der Waals surface area contributed by atoms with Crippen LogP contribution in [0.5, 0.6) is 5.75 Å². The summed E-state index contributed by atoms with van der Waals surface area (Å²) < 4.78 is 60.8. The summed E-state index contributed by atoms with van der Waals surface area (Å²) in [7, 11) is 0. The van der Waals surface area contributed by atoms with Crippen LogP contribution in [0.25, 0.3) is 0 Å². The molecule has 0 bridgehead atoms. The molecule has 0 atom stereocenters. The molecule has 1 aliphatic heterocycles. The second kappa shape index (κ2) is 12.3. The summed E-state index contributed by atoms with van der Waals surface area (Å²) in [6.07, 6.45) is -1.87. The third kappa shape index (κ3) is 7.39. The van der Waals surface area contributed by atoms with E-state index in [1.807, 2.05) is 29.4 Å². The van der Waals surface area contributed by atoms with E-state index >= 15 is 0 Å². The molecule has 0 unspecified atom stereocenters. The van der Waals surface area contributed by atoms with Crippen LogP contribution in [0, 0.1) is 5.82 Å². The van der Waals surface area contributed by atoms with Crippen molar-refractivity contribution in [2.24, 2.45) is 0 Å². The normalized spacial score (nSPS) is 12.8. The van der Waals surface area contributed by atoms with Gasteiger partial charge in [0.1, 0.15) is 24.5 Å². The van der Waals surface area contributed by atoms with E-state index in [0.717, 1.165) is 29.7 Å². The maximum atomic E-state index is 14.1. The van der Waals surface area contributed by atoms with Crippen molar-refractivity contribution in [3.8, 4) is 5.75 Å².